The van der Waals surface area contributed by atoms with Crippen LogP contribution in [0, 0.1) is 6.92 Å². The Labute approximate surface area is 186 Å². The van der Waals surface area contributed by atoms with Crippen LogP contribution in [0.2, 0.25) is 0 Å². The van der Waals surface area contributed by atoms with Crippen molar-refractivity contribution >= 4 is 5.69 Å². The highest BCUT2D eigenvalue weighted by Crippen LogP contribution is 2.24. The van der Waals surface area contributed by atoms with Gasteiger partial charge in [0.15, 0.2) is 0 Å². The van der Waals surface area contributed by atoms with Crippen LogP contribution in [0.1, 0.15) is 58.9 Å². The first kappa shape index (κ1) is 28.0. The van der Waals surface area contributed by atoms with Gasteiger partial charge in [0.2, 0.25) is 0 Å². The summed E-state index contributed by atoms with van der Waals surface area (Å²) in [7, 11) is 0. The lowest BCUT2D eigenvalue weighted by Gasteiger charge is -2.24. The van der Waals surface area contributed by atoms with Gasteiger partial charge in [-0.05, 0) is 69.3 Å². The molecule has 6 N–H and O–H groups in total. The molecule has 30 heavy (non-hydrogen) atoms. The fraction of sp³-hybridized carbons (Fsp3) is 0.600. The maximum Gasteiger partial charge on any atom is 0.0369 e. The number of hydrogen-bond donors (Lipinski definition) is 4. The van der Waals surface area contributed by atoms with Crippen LogP contribution in [-0.2, 0) is 0 Å². The van der Waals surface area contributed by atoms with Crippen LogP contribution in [-0.4, -0.2) is 39.3 Å². The van der Waals surface area contributed by atoms with Crippen molar-refractivity contribution < 1.29 is 0 Å². The Morgan fingerprint density at radius 2 is 1.77 bits per heavy atom. The van der Waals surface area contributed by atoms with Crippen molar-refractivity contribution in [1.29, 1.82) is 0 Å². The Balaban J connectivity index is 0.00000154. The molecule has 0 saturated heterocycles. The van der Waals surface area contributed by atoms with Gasteiger partial charge in [-0.2, -0.15) is 0 Å². The minimum Gasteiger partial charge on any atom is -0.402 e. The second-order valence-corrected chi connectivity index (χ2v) is 7.19. The van der Waals surface area contributed by atoms with Gasteiger partial charge in [-0.1, -0.05) is 39.5 Å². The summed E-state index contributed by atoms with van der Waals surface area (Å²) in [5, 5.41) is 6.93. The predicted molar refractivity (Wildman–Crippen MR) is 135 cm³/mol. The van der Waals surface area contributed by atoms with Crippen LogP contribution >= 0.6 is 0 Å². The summed E-state index contributed by atoms with van der Waals surface area (Å²) in [6.07, 6.45) is 4.51. The average molecular weight is 418 g/mol. The number of nitrogens with zero attached hydrogens (tertiary/aromatic N) is 1. The van der Waals surface area contributed by atoms with Crippen molar-refractivity contribution in [3.8, 4) is 0 Å². The molecule has 5 heteroatoms. The summed E-state index contributed by atoms with van der Waals surface area (Å²) < 4.78 is 0. The van der Waals surface area contributed by atoms with Crippen molar-refractivity contribution in [3.63, 3.8) is 0 Å². The molecule has 0 unspecified atom stereocenters. The molecule has 1 aromatic carbocycles. The number of anilines is 1. The molecule has 5 nitrogen and oxygen atoms in total. The standard InChI is InChI=1S/C21H34N4.C2H7N.C2H6/c1-4-25(19-9-7-8-17(2)16-19)15-14-23-12-13-24-18(3)20-10-5-6-11-21(20)22;1-2-3;1-2/h7-9,16,23-24H,3-6,10-15,22H2,1-2H3;2-3H2,1H3;1-2H3. The molecule has 0 atom stereocenters. The molecule has 0 aliphatic heterocycles. The van der Waals surface area contributed by atoms with Gasteiger partial charge in [0.25, 0.3) is 0 Å². The Bertz CT molecular complexity index is 609. The SMILES string of the molecule is C=C(NCCNCCN(CC)c1cccc(C)c1)C1=C(N)CCCC1.CC.CCN. The summed E-state index contributed by atoms with van der Waals surface area (Å²) in [5.74, 6) is 0. The zero-order chi connectivity index (χ0) is 22.8. The third-order valence-electron chi connectivity index (χ3n) is 4.82. The molecular formula is C25H47N5. The molecule has 0 bridgehead atoms. The minimum absolute atomic E-state index is 0.750. The van der Waals surface area contributed by atoms with E-state index in [0.717, 1.165) is 63.5 Å². The van der Waals surface area contributed by atoms with Crippen molar-refractivity contribution in [2.75, 3.05) is 44.2 Å². The van der Waals surface area contributed by atoms with Crippen LogP contribution in [0.4, 0.5) is 5.69 Å². The molecule has 172 valence electrons. The molecule has 0 spiro atoms. The van der Waals surface area contributed by atoms with Gasteiger partial charge < -0.3 is 27.0 Å². The number of aryl methyl sites for hydroxylation is 1. The van der Waals surface area contributed by atoms with E-state index in [0.29, 0.717) is 0 Å². The van der Waals surface area contributed by atoms with E-state index in [9.17, 15) is 0 Å². The molecule has 0 aromatic heterocycles. The van der Waals surface area contributed by atoms with Crippen LogP contribution < -0.4 is 27.0 Å². The van der Waals surface area contributed by atoms with E-state index in [1.54, 1.807) is 0 Å². The Kier molecular flexibility index (Phi) is 16.7. The van der Waals surface area contributed by atoms with E-state index in [-0.39, 0.29) is 0 Å². The number of allylic oxidation sites excluding steroid dienone is 2. The summed E-state index contributed by atoms with van der Waals surface area (Å²) >= 11 is 0. The topological polar surface area (TPSA) is 79.3 Å². The van der Waals surface area contributed by atoms with E-state index in [1.807, 2.05) is 20.8 Å². The number of nitrogens with one attached hydrogen (secondary N) is 2. The average Bonchev–Trinajstić information content (AvgIpc) is 2.75. The largest absolute Gasteiger partial charge is 0.402 e. The van der Waals surface area contributed by atoms with E-state index >= 15 is 0 Å². The minimum atomic E-state index is 0.750. The fourth-order valence-electron chi connectivity index (χ4n) is 3.32. The van der Waals surface area contributed by atoms with Gasteiger partial charge in [0, 0.05) is 49.8 Å². The molecule has 0 fully saturated rings. The summed E-state index contributed by atoms with van der Waals surface area (Å²) in [6.45, 7) is 20.0. The lowest BCUT2D eigenvalue weighted by atomic mass is 9.95. The summed E-state index contributed by atoms with van der Waals surface area (Å²) in [5.41, 5.74) is 16.8. The van der Waals surface area contributed by atoms with Gasteiger partial charge in [-0.3, -0.25) is 0 Å². The van der Waals surface area contributed by atoms with Crippen molar-refractivity contribution in [1.82, 2.24) is 10.6 Å². The Morgan fingerprint density at radius 3 is 2.37 bits per heavy atom. The lowest BCUT2D eigenvalue weighted by Crippen LogP contribution is -2.35. The summed E-state index contributed by atoms with van der Waals surface area (Å²) in [6, 6.07) is 8.70. The first-order valence-electron chi connectivity index (χ1n) is 11.7. The number of rotatable bonds is 10. The highest BCUT2D eigenvalue weighted by molar-refractivity contribution is 5.48. The Hall–Kier alpha value is -1.98. The van der Waals surface area contributed by atoms with E-state index in [1.165, 1.54) is 29.7 Å². The second-order valence-electron chi connectivity index (χ2n) is 7.19. The van der Waals surface area contributed by atoms with Crippen molar-refractivity contribution in [2.24, 2.45) is 11.5 Å². The quantitative estimate of drug-likeness (QED) is 0.427. The lowest BCUT2D eigenvalue weighted by molar-refractivity contribution is 0.625. The maximum absolute atomic E-state index is 6.10. The monoisotopic (exact) mass is 417 g/mol. The molecule has 0 saturated carbocycles. The molecule has 1 aliphatic rings. The van der Waals surface area contributed by atoms with E-state index in [2.05, 4.69) is 60.2 Å². The molecule has 0 radical (unpaired) electrons. The van der Waals surface area contributed by atoms with Crippen LogP contribution in [0.3, 0.4) is 0 Å². The van der Waals surface area contributed by atoms with Gasteiger partial charge in [0.1, 0.15) is 0 Å². The number of hydrogen-bond acceptors (Lipinski definition) is 5. The highest BCUT2D eigenvalue weighted by Gasteiger charge is 2.12. The van der Waals surface area contributed by atoms with Crippen molar-refractivity contribution in [3.05, 3.63) is 53.4 Å². The van der Waals surface area contributed by atoms with Crippen LogP contribution in [0.15, 0.2) is 47.8 Å². The third kappa shape index (κ3) is 11.3. The molecule has 2 rings (SSSR count). The smallest absolute Gasteiger partial charge is 0.0369 e. The third-order valence-corrected chi connectivity index (χ3v) is 4.82. The van der Waals surface area contributed by atoms with Crippen LogP contribution in [0.25, 0.3) is 0 Å². The molecule has 1 aromatic rings. The van der Waals surface area contributed by atoms with Gasteiger partial charge in [-0.25, -0.2) is 0 Å². The second kappa shape index (κ2) is 17.8. The Morgan fingerprint density at radius 1 is 1.10 bits per heavy atom. The molecule has 0 heterocycles. The molecular weight excluding hydrogens is 370 g/mol. The van der Waals surface area contributed by atoms with Crippen LogP contribution in [0.5, 0.6) is 0 Å². The van der Waals surface area contributed by atoms with Gasteiger partial charge in [0.05, 0.1) is 0 Å². The maximum atomic E-state index is 6.10. The van der Waals surface area contributed by atoms with Gasteiger partial charge >= 0.3 is 0 Å². The predicted octanol–water partition coefficient (Wildman–Crippen LogP) is 4.29. The number of likely N-dealkylation sites (N-methyl/N-ethyl adjacent to an activating group) is 1. The first-order chi connectivity index (χ1) is 14.5. The molecule has 1 aliphatic carbocycles. The summed E-state index contributed by atoms with van der Waals surface area (Å²) in [4.78, 5) is 2.40. The highest BCUT2D eigenvalue weighted by atomic mass is 15.1. The number of nitrogens with two attached hydrogens (primary N) is 2. The molecule has 0 amide bonds. The van der Waals surface area contributed by atoms with E-state index in [4.69, 9.17) is 11.5 Å². The van der Waals surface area contributed by atoms with Gasteiger partial charge in [-0.15, -0.1) is 0 Å². The fourth-order valence-corrected chi connectivity index (χ4v) is 3.32. The van der Waals surface area contributed by atoms with E-state index < -0.39 is 0 Å². The first-order valence-corrected chi connectivity index (χ1v) is 11.7. The number of benzene rings is 1. The van der Waals surface area contributed by atoms with Crippen molar-refractivity contribution in [2.45, 2.75) is 60.3 Å². The zero-order valence-corrected chi connectivity index (χ0v) is 20.2. The normalized spacial score (nSPS) is 12.9. The zero-order valence-electron chi connectivity index (χ0n) is 20.2.